The smallest absolute Gasteiger partial charge is 0.343 e. The van der Waals surface area contributed by atoms with Crippen molar-refractivity contribution in [3.05, 3.63) is 45.9 Å². The van der Waals surface area contributed by atoms with Crippen LogP contribution in [0.25, 0.3) is 0 Å². The van der Waals surface area contributed by atoms with Crippen molar-refractivity contribution in [2.24, 2.45) is 0 Å². The van der Waals surface area contributed by atoms with E-state index in [1.165, 1.54) is 12.7 Å². The highest BCUT2D eigenvalue weighted by molar-refractivity contribution is 7.09. The Labute approximate surface area is 164 Å². The van der Waals surface area contributed by atoms with Crippen molar-refractivity contribution in [3.63, 3.8) is 0 Å². The summed E-state index contributed by atoms with van der Waals surface area (Å²) in [5, 5.41) is 3.17. The molecule has 3 rings (SSSR count). The fourth-order valence-corrected chi connectivity index (χ4v) is 3.82. The van der Waals surface area contributed by atoms with Gasteiger partial charge < -0.3 is 14.2 Å². The van der Waals surface area contributed by atoms with Crippen LogP contribution in [0.3, 0.4) is 0 Å². The van der Waals surface area contributed by atoms with Crippen LogP contribution in [-0.4, -0.2) is 55.8 Å². The predicted octanol–water partition coefficient (Wildman–Crippen LogP) is 3.18. The van der Waals surface area contributed by atoms with E-state index in [0.717, 1.165) is 36.9 Å². The normalized spacial score (nSPS) is 18.9. The van der Waals surface area contributed by atoms with E-state index >= 15 is 0 Å². The molecule has 0 saturated carbocycles. The van der Waals surface area contributed by atoms with E-state index < -0.39 is 0 Å². The van der Waals surface area contributed by atoms with Crippen LogP contribution in [0.4, 0.5) is 0 Å². The highest BCUT2D eigenvalue weighted by Crippen LogP contribution is 2.26. The van der Waals surface area contributed by atoms with E-state index in [-0.39, 0.29) is 18.7 Å². The molecule has 0 bridgehead atoms. The third kappa shape index (κ3) is 5.51. The number of hydrogen-bond acceptors (Lipinski definition) is 7. The number of benzene rings is 1. The van der Waals surface area contributed by atoms with Crippen molar-refractivity contribution in [1.29, 1.82) is 0 Å². The summed E-state index contributed by atoms with van der Waals surface area (Å²) in [6.07, 6.45) is 0.0602. The number of hydrogen-bond donors (Lipinski definition) is 0. The molecule has 1 saturated heterocycles. The number of esters is 1. The van der Waals surface area contributed by atoms with Crippen LogP contribution >= 0.6 is 11.3 Å². The third-order valence-electron chi connectivity index (χ3n) is 4.68. The number of carbonyl (C=O) groups excluding carboxylic acids is 1. The second-order valence-electron chi connectivity index (χ2n) is 6.75. The van der Waals surface area contributed by atoms with Crippen LogP contribution in [0.5, 0.6) is 5.75 Å². The van der Waals surface area contributed by atoms with E-state index in [4.69, 9.17) is 9.47 Å². The Bertz CT molecular complexity index is 747. The van der Waals surface area contributed by atoms with E-state index in [2.05, 4.69) is 39.1 Å². The standard InChI is InChI=1S/C20H26N2O4S/c1-14(16-4-6-17(7-5-16)26-12-20(23)24-3)10-22-8-9-25-19(11-22)18-13-27-15(2)21-18/h4-7,13-14,19H,8-12H2,1-3H3. The van der Waals surface area contributed by atoms with E-state index in [9.17, 15) is 4.79 Å². The highest BCUT2D eigenvalue weighted by Gasteiger charge is 2.25. The average Bonchev–Trinajstić information content (AvgIpc) is 3.13. The van der Waals surface area contributed by atoms with Crippen LogP contribution in [0.1, 0.15) is 35.2 Å². The lowest BCUT2D eigenvalue weighted by atomic mass is 10.00. The number of aromatic nitrogens is 1. The largest absolute Gasteiger partial charge is 0.482 e. The van der Waals surface area contributed by atoms with E-state index in [1.54, 1.807) is 11.3 Å². The van der Waals surface area contributed by atoms with Crippen molar-refractivity contribution in [2.45, 2.75) is 25.9 Å². The zero-order valence-corrected chi connectivity index (χ0v) is 16.8. The minimum Gasteiger partial charge on any atom is -0.482 e. The molecule has 7 heteroatoms. The lowest BCUT2D eigenvalue weighted by Gasteiger charge is -2.34. The number of methoxy groups -OCH3 is 1. The number of rotatable bonds is 7. The zero-order chi connectivity index (χ0) is 19.2. The van der Waals surface area contributed by atoms with Crippen molar-refractivity contribution >= 4 is 17.3 Å². The molecule has 6 nitrogen and oxygen atoms in total. The maximum absolute atomic E-state index is 11.1. The Morgan fingerprint density at radius 1 is 1.41 bits per heavy atom. The third-order valence-corrected chi connectivity index (χ3v) is 5.47. The molecule has 1 fully saturated rings. The van der Waals surface area contributed by atoms with Gasteiger partial charge in [0, 0.05) is 25.0 Å². The number of thiazole rings is 1. The molecular weight excluding hydrogens is 364 g/mol. The first-order chi connectivity index (χ1) is 13.0. The zero-order valence-electron chi connectivity index (χ0n) is 16.0. The van der Waals surface area contributed by atoms with Gasteiger partial charge in [-0.1, -0.05) is 19.1 Å². The SMILES string of the molecule is COC(=O)COc1ccc(C(C)CN2CCOC(c3csc(C)n3)C2)cc1. The van der Waals surface area contributed by atoms with Crippen LogP contribution in [-0.2, 0) is 14.3 Å². The minimum atomic E-state index is -0.385. The first kappa shape index (κ1) is 19.8. The van der Waals surface area contributed by atoms with Gasteiger partial charge in [-0.25, -0.2) is 9.78 Å². The van der Waals surface area contributed by atoms with Crippen LogP contribution < -0.4 is 4.74 Å². The predicted molar refractivity (Wildman–Crippen MR) is 104 cm³/mol. The van der Waals surface area contributed by atoms with Gasteiger partial charge in [-0.05, 0) is 30.5 Å². The maximum atomic E-state index is 11.1. The van der Waals surface area contributed by atoms with Crippen molar-refractivity contribution < 1.29 is 19.0 Å². The second-order valence-corrected chi connectivity index (χ2v) is 7.81. The molecule has 0 amide bonds. The number of aryl methyl sites for hydroxylation is 1. The first-order valence-corrected chi connectivity index (χ1v) is 9.98. The summed E-state index contributed by atoms with van der Waals surface area (Å²) in [6, 6.07) is 7.90. The van der Waals surface area contributed by atoms with Crippen molar-refractivity contribution in [2.75, 3.05) is 40.0 Å². The summed E-state index contributed by atoms with van der Waals surface area (Å²) >= 11 is 1.67. The molecule has 0 aliphatic carbocycles. The lowest BCUT2D eigenvalue weighted by Crippen LogP contribution is -2.40. The molecule has 0 spiro atoms. The number of morpholine rings is 1. The van der Waals surface area contributed by atoms with Crippen LogP contribution in [0.15, 0.2) is 29.6 Å². The minimum absolute atomic E-state index is 0.0602. The van der Waals surface area contributed by atoms with Crippen molar-refractivity contribution in [1.82, 2.24) is 9.88 Å². The molecule has 146 valence electrons. The van der Waals surface area contributed by atoms with Gasteiger partial charge >= 0.3 is 5.97 Å². The Kier molecular flexibility index (Phi) is 6.82. The number of carbonyl (C=O) groups is 1. The molecule has 1 aromatic carbocycles. The van der Waals surface area contributed by atoms with Gasteiger partial charge in [0.1, 0.15) is 11.9 Å². The molecule has 2 atom stereocenters. The quantitative estimate of drug-likeness (QED) is 0.677. The summed E-state index contributed by atoms with van der Waals surface area (Å²) in [7, 11) is 1.35. The van der Waals surface area contributed by atoms with Crippen LogP contribution in [0.2, 0.25) is 0 Å². The fraction of sp³-hybridized carbons (Fsp3) is 0.500. The topological polar surface area (TPSA) is 60.9 Å². The number of nitrogens with zero attached hydrogens (tertiary/aromatic N) is 2. The van der Waals surface area contributed by atoms with Gasteiger partial charge in [0.25, 0.3) is 0 Å². The van der Waals surface area contributed by atoms with Crippen LogP contribution in [0, 0.1) is 6.92 Å². The lowest BCUT2D eigenvalue weighted by molar-refractivity contribution is -0.142. The molecule has 0 radical (unpaired) electrons. The van der Waals surface area contributed by atoms with E-state index in [0.29, 0.717) is 11.7 Å². The summed E-state index contributed by atoms with van der Waals surface area (Å²) in [5.74, 6) is 0.668. The number of ether oxygens (including phenoxy) is 3. The molecule has 2 unspecified atom stereocenters. The Balaban J connectivity index is 1.53. The second kappa shape index (κ2) is 9.30. The van der Waals surface area contributed by atoms with Gasteiger partial charge in [0.15, 0.2) is 6.61 Å². The summed E-state index contributed by atoms with van der Waals surface area (Å²) < 4.78 is 15.9. The first-order valence-electron chi connectivity index (χ1n) is 9.10. The molecule has 1 aromatic heterocycles. The van der Waals surface area contributed by atoms with Gasteiger partial charge in [-0.15, -0.1) is 11.3 Å². The molecule has 27 heavy (non-hydrogen) atoms. The van der Waals surface area contributed by atoms with Gasteiger partial charge in [-0.3, -0.25) is 4.90 Å². The average molecular weight is 391 g/mol. The van der Waals surface area contributed by atoms with Crippen molar-refractivity contribution in [3.8, 4) is 5.75 Å². The summed E-state index contributed by atoms with van der Waals surface area (Å²) in [5.41, 5.74) is 2.29. The monoisotopic (exact) mass is 390 g/mol. The molecular formula is C20H26N2O4S. The Morgan fingerprint density at radius 2 is 2.19 bits per heavy atom. The Morgan fingerprint density at radius 3 is 2.85 bits per heavy atom. The molecule has 1 aliphatic rings. The molecule has 2 aromatic rings. The highest BCUT2D eigenvalue weighted by atomic mass is 32.1. The summed E-state index contributed by atoms with van der Waals surface area (Å²) in [4.78, 5) is 18.2. The summed E-state index contributed by atoms with van der Waals surface area (Å²) in [6.45, 7) is 7.67. The van der Waals surface area contributed by atoms with Gasteiger partial charge in [-0.2, -0.15) is 0 Å². The van der Waals surface area contributed by atoms with Gasteiger partial charge in [0.2, 0.25) is 0 Å². The van der Waals surface area contributed by atoms with Gasteiger partial charge in [0.05, 0.1) is 24.4 Å². The molecule has 0 N–H and O–H groups in total. The molecule has 2 heterocycles. The maximum Gasteiger partial charge on any atom is 0.343 e. The Hall–Kier alpha value is -1.96. The fourth-order valence-electron chi connectivity index (χ4n) is 3.16. The van der Waals surface area contributed by atoms with E-state index in [1.807, 2.05) is 19.1 Å². The molecule has 1 aliphatic heterocycles.